The van der Waals surface area contributed by atoms with Crippen LogP contribution in [0, 0.1) is 5.92 Å². The summed E-state index contributed by atoms with van der Waals surface area (Å²) in [6.45, 7) is 7.87. The number of nitrogens with two attached hydrogens (primary N) is 1. The van der Waals surface area contributed by atoms with Crippen LogP contribution >= 0.6 is 0 Å². The standard InChI is InChI=1S/C20H27N3O7S/c1-19(2)27-13-8-10(15-17(16(13)29-19)30-20(3,4)28-15)9-26-12-7-5-6-11-14(12)18(21)23-31(24,25)22-11/h5-7,10,13,15-17,22H,8-9H2,1-4H3,(H2,21,23)/t10?,13-,15-,16-,17+/m0/s1. The first-order valence-corrected chi connectivity index (χ1v) is 11.7. The van der Waals surface area contributed by atoms with Crippen LogP contribution < -0.4 is 15.2 Å². The van der Waals surface area contributed by atoms with E-state index in [1.54, 1.807) is 18.2 Å². The lowest BCUT2D eigenvalue weighted by Gasteiger charge is -2.37. The lowest BCUT2D eigenvalue weighted by molar-refractivity contribution is -0.176. The number of benzene rings is 1. The van der Waals surface area contributed by atoms with Gasteiger partial charge in [-0.1, -0.05) is 6.07 Å². The van der Waals surface area contributed by atoms with Gasteiger partial charge >= 0.3 is 10.2 Å². The summed E-state index contributed by atoms with van der Waals surface area (Å²) in [7, 11) is -3.85. The Morgan fingerprint density at radius 1 is 1.10 bits per heavy atom. The Morgan fingerprint density at radius 3 is 2.55 bits per heavy atom. The van der Waals surface area contributed by atoms with Gasteiger partial charge in [0.25, 0.3) is 0 Å². The van der Waals surface area contributed by atoms with Crippen LogP contribution in [0.15, 0.2) is 22.6 Å². The Kier molecular flexibility index (Phi) is 4.59. The van der Waals surface area contributed by atoms with Gasteiger partial charge in [0.2, 0.25) is 0 Å². The molecule has 3 N–H and O–H groups in total. The molecule has 5 rings (SSSR count). The SMILES string of the molecule is CC1(C)O[C@@H]2[C@@H]3OC(C)(C)O[C@H]3C(COc3cccc4c3C(N)=NS(=O)(=O)N4)C[C@@H]2O1. The number of fused-ring (bicyclic) bond motifs is 4. The maximum atomic E-state index is 11.8. The Labute approximate surface area is 181 Å². The summed E-state index contributed by atoms with van der Waals surface area (Å²) in [6.07, 6.45) is -0.157. The molecule has 1 unspecified atom stereocenters. The van der Waals surface area contributed by atoms with Gasteiger partial charge in [0.1, 0.15) is 18.0 Å². The highest BCUT2D eigenvalue weighted by Crippen LogP contribution is 2.47. The van der Waals surface area contributed by atoms with Gasteiger partial charge in [0, 0.05) is 5.92 Å². The van der Waals surface area contributed by atoms with Gasteiger partial charge in [0.15, 0.2) is 17.4 Å². The predicted molar refractivity (Wildman–Crippen MR) is 111 cm³/mol. The maximum Gasteiger partial charge on any atom is 0.344 e. The summed E-state index contributed by atoms with van der Waals surface area (Å²) in [5.74, 6) is -1.12. The minimum atomic E-state index is -3.85. The molecule has 170 valence electrons. The van der Waals surface area contributed by atoms with Crippen LogP contribution in [0.2, 0.25) is 0 Å². The molecule has 0 bridgehead atoms. The monoisotopic (exact) mass is 453 g/mol. The van der Waals surface area contributed by atoms with Crippen molar-refractivity contribution >= 4 is 21.7 Å². The topological polar surface area (TPSA) is 131 Å². The van der Waals surface area contributed by atoms with Crippen molar-refractivity contribution in [3.05, 3.63) is 23.8 Å². The van der Waals surface area contributed by atoms with E-state index in [1.165, 1.54) is 0 Å². The zero-order valence-corrected chi connectivity index (χ0v) is 18.6. The van der Waals surface area contributed by atoms with E-state index >= 15 is 0 Å². The molecular weight excluding hydrogens is 426 g/mol. The zero-order chi connectivity index (χ0) is 22.2. The number of amidine groups is 1. The van der Waals surface area contributed by atoms with Gasteiger partial charge in [-0.3, -0.25) is 4.72 Å². The fraction of sp³-hybridized carbons (Fsp3) is 0.650. The zero-order valence-electron chi connectivity index (χ0n) is 17.8. The number of nitrogens with one attached hydrogen (secondary N) is 1. The first-order valence-electron chi connectivity index (χ1n) is 10.3. The molecule has 5 atom stereocenters. The third-order valence-corrected chi connectivity index (χ3v) is 6.82. The van der Waals surface area contributed by atoms with Crippen LogP contribution in [0.5, 0.6) is 5.75 Å². The second-order valence-corrected chi connectivity index (χ2v) is 10.6. The van der Waals surface area contributed by atoms with E-state index in [2.05, 4.69) is 9.12 Å². The van der Waals surface area contributed by atoms with Gasteiger partial charge in [-0.05, 0) is 46.2 Å². The van der Waals surface area contributed by atoms with Crippen molar-refractivity contribution in [1.82, 2.24) is 0 Å². The Morgan fingerprint density at radius 2 is 1.77 bits per heavy atom. The van der Waals surface area contributed by atoms with Gasteiger partial charge < -0.3 is 29.4 Å². The Balaban J connectivity index is 1.39. The van der Waals surface area contributed by atoms with Crippen LogP contribution in [0.4, 0.5) is 5.69 Å². The van der Waals surface area contributed by atoms with E-state index in [0.717, 1.165) is 0 Å². The lowest BCUT2D eigenvalue weighted by Crippen LogP contribution is -2.52. The van der Waals surface area contributed by atoms with Crippen molar-refractivity contribution in [1.29, 1.82) is 0 Å². The third kappa shape index (κ3) is 3.78. The van der Waals surface area contributed by atoms with E-state index in [0.29, 0.717) is 30.0 Å². The Bertz CT molecular complexity index is 1040. The van der Waals surface area contributed by atoms with Crippen LogP contribution in [-0.2, 0) is 29.2 Å². The van der Waals surface area contributed by atoms with Gasteiger partial charge in [0.05, 0.1) is 30.1 Å². The molecule has 1 saturated carbocycles. The molecule has 11 heteroatoms. The van der Waals surface area contributed by atoms with Crippen LogP contribution in [0.3, 0.4) is 0 Å². The number of hydrogen-bond donors (Lipinski definition) is 2. The average Bonchev–Trinajstić information content (AvgIpc) is 3.12. The molecule has 0 spiro atoms. The van der Waals surface area contributed by atoms with Gasteiger partial charge in [-0.15, -0.1) is 4.40 Å². The van der Waals surface area contributed by atoms with Gasteiger partial charge in [-0.25, -0.2) is 0 Å². The number of nitrogens with zero attached hydrogens (tertiary/aromatic N) is 1. The number of ether oxygens (including phenoxy) is 5. The van der Waals surface area contributed by atoms with E-state index in [4.69, 9.17) is 29.4 Å². The van der Waals surface area contributed by atoms with Crippen LogP contribution in [0.25, 0.3) is 0 Å². The van der Waals surface area contributed by atoms with E-state index < -0.39 is 21.8 Å². The summed E-state index contributed by atoms with van der Waals surface area (Å²) in [5, 5.41) is 0. The molecule has 1 aromatic carbocycles. The summed E-state index contributed by atoms with van der Waals surface area (Å²) >= 11 is 0. The Hall–Kier alpha value is -1.92. The second kappa shape index (κ2) is 6.79. The normalized spacial score (nSPS) is 36.5. The summed E-state index contributed by atoms with van der Waals surface area (Å²) in [6, 6.07) is 5.05. The first kappa shape index (κ1) is 21.0. The molecule has 1 aliphatic carbocycles. The second-order valence-electron chi connectivity index (χ2n) is 9.24. The highest BCUT2D eigenvalue weighted by molar-refractivity contribution is 7.91. The molecule has 3 fully saturated rings. The maximum absolute atomic E-state index is 11.8. The molecule has 31 heavy (non-hydrogen) atoms. The molecule has 0 radical (unpaired) electrons. The predicted octanol–water partition coefficient (Wildman–Crippen LogP) is 1.50. The van der Waals surface area contributed by atoms with Crippen molar-refractivity contribution in [2.75, 3.05) is 11.3 Å². The lowest BCUT2D eigenvalue weighted by atomic mass is 9.81. The van der Waals surface area contributed by atoms with E-state index in [1.807, 2.05) is 27.7 Å². The highest BCUT2D eigenvalue weighted by Gasteiger charge is 2.59. The van der Waals surface area contributed by atoms with Crippen molar-refractivity contribution in [2.45, 2.75) is 70.1 Å². The van der Waals surface area contributed by atoms with Gasteiger partial charge in [-0.2, -0.15) is 8.42 Å². The summed E-state index contributed by atoms with van der Waals surface area (Å²) in [5.41, 5.74) is 6.68. The summed E-state index contributed by atoms with van der Waals surface area (Å²) in [4.78, 5) is 0. The highest BCUT2D eigenvalue weighted by atomic mass is 32.2. The molecule has 3 aliphatic heterocycles. The van der Waals surface area contributed by atoms with E-state index in [-0.39, 0.29) is 36.2 Å². The molecule has 10 nitrogen and oxygen atoms in total. The fourth-order valence-corrected chi connectivity index (χ4v) is 5.73. The molecule has 1 aromatic rings. The smallest absolute Gasteiger partial charge is 0.344 e. The average molecular weight is 454 g/mol. The van der Waals surface area contributed by atoms with Crippen LogP contribution in [-0.4, -0.2) is 56.9 Å². The number of rotatable bonds is 3. The van der Waals surface area contributed by atoms with Crippen molar-refractivity contribution in [2.24, 2.45) is 16.0 Å². The van der Waals surface area contributed by atoms with Crippen molar-refractivity contribution in [3.63, 3.8) is 0 Å². The molecule has 2 saturated heterocycles. The van der Waals surface area contributed by atoms with E-state index in [9.17, 15) is 8.42 Å². The number of anilines is 1. The minimum Gasteiger partial charge on any atom is -0.492 e. The largest absolute Gasteiger partial charge is 0.492 e. The van der Waals surface area contributed by atoms with Crippen LogP contribution in [0.1, 0.15) is 39.7 Å². The fourth-order valence-electron chi connectivity index (χ4n) is 4.89. The third-order valence-electron chi connectivity index (χ3n) is 5.90. The molecular formula is C20H27N3O7S. The first-order chi connectivity index (χ1) is 14.4. The molecule has 0 amide bonds. The minimum absolute atomic E-state index is 0.0279. The molecule has 0 aromatic heterocycles. The number of hydrogen-bond acceptors (Lipinski definition) is 8. The van der Waals surface area contributed by atoms with Crippen molar-refractivity contribution in [3.8, 4) is 5.75 Å². The quantitative estimate of drug-likeness (QED) is 0.704. The molecule has 3 heterocycles. The molecule has 4 aliphatic rings. The summed E-state index contributed by atoms with van der Waals surface area (Å²) < 4.78 is 60.3. The van der Waals surface area contributed by atoms with Crippen molar-refractivity contribution < 1.29 is 32.1 Å².